The first kappa shape index (κ1) is 23.3. The monoisotopic (exact) mass is 457 g/mol. The zero-order chi connectivity index (χ0) is 21.1. The Labute approximate surface area is 193 Å². The lowest BCUT2D eigenvalue weighted by molar-refractivity contribution is 0.0697. The summed E-state index contributed by atoms with van der Waals surface area (Å²) in [7, 11) is 0. The maximum Gasteiger partial charge on any atom is 0.335 e. The highest BCUT2D eigenvalue weighted by Gasteiger charge is 2.20. The second-order valence-corrected chi connectivity index (χ2v) is 8.22. The number of aliphatic hydroxyl groups is 1. The van der Waals surface area contributed by atoms with E-state index in [-0.39, 0.29) is 12.4 Å². The van der Waals surface area contributed by atoms with E-state index in [1.165, 1.54) is 11.1 Å². The van der Waals surface area contributed by atoms with Crippen LogP contribution < -0.4 is 5.32 Å². The minimum absolute atomic E-state index is 0. The van der Waals surface area contributed by atoms with E-state index >= 15 is 0 Å². The van der Waals surface area contributed by atoms with Crippen molar-refractivity contribution in [2.45, 2.75) is 31.4 Å². The second kappa shape index (κ2) is 10.3. The van der Waals surface area contributed by atoms with Gasteiger partial charge in [-0.25, -0.2) is 4.79 Å². The summed E-state index contributed by atoms with van der Waals surface area (Å²) in [4.78, 5) is 11.3. The molecule has 1 aliphatic carbocycles. The van der Waals surface area contributed by atoms with E-state index in [2.05, 4.69) is 23.5 Å². The molecule has 3 N–H and O–H groups in total. The first-order valence-electron chi connectivity index (χ1n) is 10.1. The van der Waals surface area contributed by atoms with Crippen molar-refractivity contribution in [1.82, 2.24) is 5.32 Å². The zero-order valence-electron chi connectivity index (χ0n) is 16.9. The van der Waals surface area contributed by atoms with Crippen molar-refractivity contribution >= 4 is 30.0 Å². The number of rotatable bonds is 6. The van der Waals surface area contributed by atoms with Gasteiger partial charge in [-0.1, -0.05) is 54.1 Å². The third kappa shape index (κ3) is 5.66. The molecule has 162 valence electrons. The Kier molecular flexibility index (Phi) is 7.74. The van der Waals surface area contributed by atoms with Gasteiger partial charge >= 0.3 is 5.97 Å². The van der Waals surface area contributed by atoms with Crippen LogP contribution in [-0.2, 0) is 12.8 Å². The van der Waals surface area contributed by atoms with Gasteiger partial charge < -0.3 is 15.5 Å². The van der Waals surface area contributed by atoms with Crippen LogP contribution in [0.5, 0.6) is 0 Å². The van der Waals surface area contributed by atoms with Crippen molar-refractivity contribution < 1.29 is 15.0 Å². The Morgan fingerprint density at radius 1 is 1.03 bits per heavy atom. The van der Waals surface area contributed by atoms with Crippen molar-refractivity contribution in [2.75, 3.05) is 6.54 Å². The predicted molar refractivity (Wildman–Crippen MR) is 126 cm³/mol. The highest BCUT2D eigenvalue weighted by atomic mass is 35.5. The van der Waals surface area contributed by atoms with E-state index in [1.54, 1.807) is 30.3 Å². The predicted octanol–water partition coefficient (Wildman–Crippen LogP) is 5.31. The summed E-state index contributed by atoms with van der Waals surface area (Å²) < 4.78 is 0. The molecule has 0 radical (unpaired) electrons. The van der Waals surface area contributed by atoms with Gasteiger partial charge in [0, 0.05) is 17.6 Å². The number of aryl methyl sites for hydroxylation is 1. The number of fused-ring (bicyclic) bond motifs is 1. The molecule has 31 heavy (non-hydrogen) atoms. The normalized spacial score (nSPS) is 16.1. The van der Waals surface area contributed by atoms with Crippen LogP contribution in [0.4, 0.5) is 0 Å². The summed E-state index contributed by atoms with van der Waals surface area (Å²) in [5.74, 6) is -0.918. The Hall–Kier alpha value is -2.37. The van der Waals surface area contributed by atoms with E-state index in [1.807, 2.05) is 18.2 Å². The summed E-state index contributed by atoms with van der Waals surface area (Å²) in [5, 5.41) is 23.9. The molecular weight excluding hydrogens is 433 g/mol. The molecular formula is C25H25Cl2NO3. The molecule has 0 bridgehead atoms. The van der Waals surface area contributed by atoms with Crippen LogP contribution in [0.15, 0.2) is 66.7 Å². The van der Waals surface area contributed by atoms with Crippen molar-refractivity contribution in [1.29, 1.82) is 0 Å². The van der Waals surface area contributed by atoms with E-state index in [0.29, 0.717) is 23.2 Å². The third-order valence-electron chi connectivity index (χ3n) is 5.73. The maximum atomic E-state index is 11.3. The van der Waals surface area contributed by atoms with E-state index in [4.69, 9.17) is 11.6 Å². The molecule has 0 fully saturated rings. The molecule has 4 rings (SSSR count). The number of carboxylic acid groups (broad SMARTS) is 1. The van der Waals surface area contributed by atoms with Gasteiger partial charge in [0.25, 0.3) is 0 Å². The number of aromatic carboxylic acids is 1. The molecule has 1 aliphatic rings. The van der Waals surface area contributed by atoms with Crippen LogP contribution in [0.2, 0.25) is 5.02 Å². The summed E-state index contributed by atoms with van der Waals surface area (Å²) >= 11 is 5.92. The first-order valence-corrected chi connectivity index (χ1v) is 10.5. The van der Waals surface area contributed by atoms with Crippen LogP contribution in [0.3, 0.4) is 0 Å². The lowest BCUT2D eigenvalue weighted by atomic mass is 9.86. The van der Waals surface area contributed by atoms with Gasteiger partial charge in [0.15, 0.2) is 0 Å². The smallest absolute Gasteiger partial charge is 0.335 e. The second-order valence-electron chi connectivity index (χ2n) is 7.78. The first-order chi connectivity index (χ1) is 14.5. The van der Waals surface area contributed by atoms with Gasteiger partial charge in [0.1, 0.15) is 0 Å². The van der Waals surface area contributed by atoms with Crippen molar-refractivity contribution in [2.24, 2.45) is 0 Å². The van der Waals surface area contributed by atoms with Gasteiger partial charge in [-0.15, -0.1) is 12.4 Å². The van der Waals surface area contributed by atoms with E-state index < -0.39 is 12.1 Å². The van der Waals surface area contributed by atoms with Crippen LogP contribution in [0.25, 0.3) is 11.1 Å². The fraction of sp³-hybridized carbons (Fsp3) is 0.240. The Morgan fingerprint density at radius 3 is 2.52 bits per heavy atom. The molecule has 0 aromatic heterocycles. The van der Waals surface area contributed by atoms with Crippen molar-refractivity contribution in [3.8, 4) is 11.1 Å². The van der Waals surface area contributed by atoms with Gasteiger partial charge in [-0.3, -0.25) is 0 Å². The number of benzene rings is 3. The molecule has 3 aromatic rings. The lowest BCUT2D eigenvalue weighted by Gasteiger charge is -2.27. The number of aliphatic hydroxyl groups excluding tert-OH is 1. The fourth-order valence-electron chi connectivity index (χ4n) is 4.02. The fourth-order valence-corrected chi connectivity index (χ4v) is 4.15. The maximum absolute atomic E-state index is 11.3. The largest absolute Gasteiger partial charge is 0.478 e. The number of hydrogen-bond donors (Lipinski definition) is 3. The summed E-state index contributed by atoms with van der Waals surface area (Å²) in [6.45, 7) is 0.488. The van der Waals surface area contributed by atoms with Crippen molar-refractivity contribution in [3.05, 3.63) is 94.0 Å². The average Bonchev–Trinajstić information content (AvgIpc) is 2.77. The molecule has 3 aromatic carbocycles. The lowest BCUT2D eigenvalue weighted by Crippen LogP contribution is -2.37. The third-order valence-corrected chi connectivity index (χ3v) is 5.98. The molecule has 4 nitrogen and oxygen atoms in total. The number of hydrogen-bond acceptors (Lipinski definition) is 3. The molecule has 0 unspecified atom stereocenters. The van der Waals surface area contributed by atoms with Crippen LogP contribution in [0.1, 0.15) is 39.6 Å². The Bertz CT molecular complexity index is 1050. The number of halogens is 2. The SMILES string of the molecule is Cl.O=C(O)c1cccc(-c2ccc3c(c2)C[C@@H](NC[C@@H](O)c2ccc(Cl)cc2)CC3)c1. The van der Waals surface area contributed by atoms with Gasteiger partial charge in [-0.2, -0.15) is 0 Å². The molecule has 2 atom stereocenters. The molecule has 6 heteroatoms. The summed E-state index contributed by atoms with van der Waals surface area (Å²) in [6.07, 6.45) is 2.32. The van der Waals surface area contributed by atoms with Crippen LogP contribution in [0, 0.1) is 0 Å². The molecule has 0 aliphatic heterocycles. The number of carboxylic acids is 1. The average molecular weight is 458 g/mol. The molecule has 0 heterocycles. The molecule has 0 amide bonds. The summed E-state index contributed by atoms with van der Waals surface area (Å²) in [6, 6.07) is 21.0. The molecule has 0 saturated heterocycles. The van der Waals surface area contributed by atoms with Gasteiger partial charge in [0.05, 0.1) is 11.7 Å². The Balaban J connectivity index is 0.00000272. The zero-order valence-corrected chi connectivity index (χ0v) is 18.5. The minimum Gasteiger partial charge on any atom is -0.478 e. The van der Waals surface area contributed by atoms with Gasteiger partial charge in [-0.05, 0) is 71.3 Å². The topological polar surface area (TPSA) is 69.6 Å². The van der Waals surface area contributed by atoms with Gasteiger partial charge in [0.2, 0.25) is 0 Å². The highest BCUT2D eigenvalue weighted by molar-refractivity contribution is 6.30. The van der Waals surface area contributed by atoms with Crippen LogP contribution in [-0.4, -0.2) is 28.8 Å². The molecule has 0 saturated carbocycles. The number of carbonyl (C=O) groups is 1. The van der Waals surface area contributed by atoms with E-state index in [9.17, 15) is 15.0 Å². The minimum atomic E-state index is -0.918. The number of nitrogens with one attached hydrogen (secondary N) is 1. The highest BCUT2D eigenvalue weighted by Crippen LogP contribution is 2.28. The van der Waals surface area contributed by atoms with Crippen molar-refractivity contribution in [3.63, 3.8) is 0 Å². The quantitative estimate of drug-likeness (QED) is 0.469. The standard InChI is InChI=1S/C25H24ClNO3.ClH/c26-22-9-6-17(7-10-22)24(28)15-27-23-11-8-16-4-5-19(13-21(16)14-23)18-2-1-3-20(12-18)25(29)30;/h1-7,9-10,12-13,23-24,27-28H,8,11,14-15H2,(H,29,30);1H/t23-,24+;/m0./s1. The molecule has 0 spiro atoms. The Morgan fingerprint density at radius 2 is 1.77 bits per heavy atom. The summed E-state index contributed by atoms with van der Waals surface area (Å²) in [5.41, 5.74) is 5.69. The van der Waals surface area contributed by atoms with Crippen LogP contribution >= 0.6 is 24.0 Å². The van der Waals surface area contributed by atoms with E-state index in [0.717, 1.165) is 36.0 Å².